The molecule has 3 N–H and O–H groups in total. The quantitative estimate of drug-likeness (QED) is 0.758. The maximum atomic E-state index is 10.5. The second-order valence-electron chi connectivity index (χ2n) is 2.60. The van der Waals surface area contributed by atoms with Crippen LogP contribution in [-0.2, 0) is 23.4 Å². The summed E-state index contributed by atoms with van der Waals surface area (Å²) in [5.74, 6) is 0.102. The van der Waals surface area contributed by atoms with Crippen LogP contribution < -0.4 is 5.73 Å². The van der Waals surface area contributed by atoms with Crippen molar-refractivity contribution in [2.45, 2.75) is 12.3 Å². The monoisotopic (exact) mass is 219 g/mol. The molecule has 0 saturated carbocycles. The van der Waals surface area contributed by atoms with Crippen molar-refractivity contribution in [3.8, 4) is 0 Å². The van der Waals surface area contributed by atoms with E-state index in [2.05, 4.69) is 0 Å². The summed E-state index contributed by atoms with van der Waals surface area (Å²) in [5.41, 5.74) is 6.99. The van der Waals surface area contributed by atoms with Gasteiger partial charge in [0, 0.05) is 11.6 Å². The Kier molecular flexibility index (Phi) is 3.87. The zero-order valence-electron chi connectivity index (χ0n) is 6.87. The minimum atomic E-state index is -1.82. The Morgan fingerprint density at radius 1 is 1.54 bits per heavy atom. The number of hydrogen-bond acceptors (Lipinski definition) is 2. The number of halogens is 1. The molecule has 0 fully saturated rings. The molecule has 0 amide bonds. The SMILES string of the molecule is NCc1ccc(CS(=O)O)cc1Cl. The van der Waals surface area contributed by atoms with E-state index in [0.29, 0.717) is 11.6 Å². The highest BCUT2D eigenvalue weighted by molar-refractivity contribution is 7.78. The third-order valence-corrected chi connectivity index (χ3v) is 2.56. The third kappa shape index (κ3) is 3.08. The third-order valence-electron chi connectivity index (χ3n) is 1.63. The van der Waals surface area contributed by atoms with Gasteiger partial charge in [0.05, 0.1) is 5.75 Å². The van der Waals surface area contributed by atoms with E-state index in [0.717, 1.165) is 11.1 Å². The number of hydrogen-bond donors (Lipinski definition) is 2. The van der Waals surface area contributed by atoms with Crippen molar-refractivity contribution in [2.24, 2.45) is 5.73 Å². The molecule has 0 radical (unpaired) electrons. The molecular formula is C8H10ClNO2S. The first-order chi connectivity index (χ1) is 6.13. The first-order valence-corrected chi connectivity index (χ1v) is 5.33. The van der Waals surface area contributed by atoms with Crippen molar-refractivity contribution in [3.63, 3.8) is 0 Å². The van der Waals surface area contributed by atoms with E-state index in [1.54, 1.807) is 18.2 Å². The van der Waals surface area contributed by atoms with Crippen molar-refractivity contribution >= 4 is 22.7 Å². The van der Waals surface area contributed by atoms with E-state index in [1.165, 1.54) is 0 Å². The molecule has 13 heavy (non-hydrogen) atoms. The Hall–Kier alpha value is -0.420. The maximum absolute atomic E-state index is 10.5. The van der Waals surface area contributed by atoms with E-state index in [-0.39, 0.29) is 5.75 Å². The molecule has 0 spiro atoms. The Morgan fingerprint density at radius 2 is 2.23 bits per heavy atom. The van der Waals surface area contributed by atoms with Crippen molar-refractivity contribution in [1.29, 1.82) is 0 Å². The van der Waals surface area contributed by atoms with Crippen molar-refractivity contribution in [2.75, 3.05) is 0 Å². The van der Waals surface area contributed by atoms with Gasteiger partial charge in [0.2, 0.25) is 0 Å². The maximum Gasteiger partial charge on any atom is 0.157 e. The van der Waals surface area contributed by atoms with E-state index >= 15 is 0 Å². The number of nitrogens with two attached hydrogens (primary N) is 1. The van der Waals surface area contributed by atoms with Crippen LogP contribution in [0.2, 0.25) is 5.02 Å². The highest BCUT2D eigenvalue weighted by Gasteiger charge is 2.02. The molecule has 0 aliphatic heterocycles. The van der Waals surface area contributed by atoms with Gasteiger partial charge in [-0.3, -0.25) is 0 Å². The van der Waals surface area contributed by atoms with Gasteiger partial charge in [0.25, 0.3) is 0 Å². The van der Waals surface area contributed by atoms with Crippen LogP contribution in [0.15, 0.2) is 18.2 Å². The van der Waals surface area contributed by atoms with Crippen LogP contribution in [0.4, 0.5) is 0 Å². The first-order valence-electron chi connectivity index (χ1n) is 3.68. The van der Waals surface area contributed by atoms with Crippen LogP contribution in [0.25, 0.3) is 0 Å². The van der Waals surface area contributed by atoms with Gasteiger partial charge in [-0.1, -0.05) is 23.7 Å². The lowest BCUT2D eigenvalue weighted by molar-refractivity contribution is 0.563. The van der Waals surface area contributed by atoms with E-state index in [4.69, 9.17) is 21.9 Å². The predicted octanol–water partition coefficient (Wildman–Crippen LogP) is 1.52. The zero-order valence-corrected chi connectivity index (χ0v) is 8.44. The van der Waals surface area contributed by atoms with E-state index in [9.17, 15) is 4.21 Å². The molecule has 5 heteroatoms. The Bertz CT molecular complexity index is 330. The van der Waals surface area contributed by atoms with Crippen LogP contribution >= 0.6 is 11.6 Å². The Labute approximate surface area is 84.2 Å². The highest BCUT2D eigenvalue weighted by atomic mass is 35.5. The highest BCUT2D eigenvalue weighted by Crippen LogP contribution is 2.17. The fourth-order valence-electron chi connectivity index (χ4n) is 0.989. The minimum Gasteiger partial charge on any atom is -0.326 e. The van der Waals surface area contributed by atoms with Gasteiger partial charge >= 0.3 is 0 Å². The van der Waals surface area contributed by atoms with Gasteiger partial charge in [-0.15, -0.1) is 0 Å². The fourth-order valence-corrected chi connectivity index (χ4v) is 1.73. The predicted molar refractivity (Wildman–Crippen MR) is 53.8 cm³/mol. The molecule has 72 valence electrons. The minimum absolute atomic E-state index is 0.102. The summed E-state index contributed by atoms with van der Waals surface area (Å²) < 4.78 is 19.1. The molecule has 1 aromatic rings. The summed E-state index contributed by atoms with van der Waals surface area (Å²) in [6.07, 6.45) is 0. The molecule has 0 bridgehead atoms. The van der Waals surface area contributed by atoms with Gasteiger partial charge in [-0.2, -0.15) is 0 Å². The molecular weight excluding hydrogens is 210 g/mol. The summed E-state index contributed by atoms with van der Waals surface area (Å²) in [5, 5.41) is 0.547. The summed E-state index contributed by atoms with van der Waals surface area (Å²) in [6, 6.07) is 5.19. The lowest BCUT2D eigenvalue weighted by atomic mass is 10.1. The lowest BCUT2D eigenvalue weighted by Gasteiger charge is -2.03. The second-order valence-corrected chi connectivity index (χ2v) is 3.93. The zero-order chi connectivity index (χ0) is 9.84. The molecule has 0 aromatic heterocycles. The van der Waals surface area contributed by atoms with Crippen LogP contribution in [0.3, 0.4) is 0 Å². The molecule has 0 aliphatic rings. The smallest absolute Gasteiger partial charge is 0.157 e. The van der Waals surface area contributed by atoms with Crippen molar-refractivity contribution in [1.82, 2.24) is 0 Å². The topological polar surface area (TPSA) is 63.3 Å². The second kappa shape index (κ2) is 4.72. The fraction of sp³-hybridized carbons (Fsp3) is 0.250. The van der Waals surface area contributed by atoms with Crippen LogP contribution in [-0.4, -0.2) is 8.76 Å². The standard InChI is InChI=1S/C8H10ClNO2S/c9-8-3-6(5-13(11)12)1-2-7(8)4-10/h1-3H,4-5,10H2,(H,11,12). The average Bonchev–Trinajstić information content (AvgIpc) is 2.03. The van der Waals surface area contributed by atoms with Gasteiger partial charge in [0.1, 0.15) is 0 Å². The molecule has 0 heterocycles. The molecule has 1 atom stereocenters. The van der Waals surface area contributed by atoms with Gasteiger partial charge in [-0.25, -0.2) is 4.21 Å². The summed E-state index contributed by atoms with van der Waals surface area (Å²) in [7, 11) is 0. The van der Waals surface area contributed by atoms with Crippen LogP contribution in [0.1, 0.15) is 11.1 Å². The van der Waals surface area contributed by atoms with E-state index in [1.807, 2.05) is 0 Å². The lowest BCUT2D eigenvalue weighted by Crippen LogP contribution is -1.99. The summed E-state index contributed by atoms with van der Waals surface area (Å²) >= 11 is 4.03. The Morgan fingerprint density at radius 3 is 2.69 bits per heavy atom. The number of rotatable bonds is 3. The number of benzene rings is 1. The normalized spacial score (nSPS) is 12.8. The van der Waals surface area contributed by atoms with E-state index < -0.39 is 11.1 Å². The Balaban J connectivity index is 2.89. The largest absolute Gasteiger partial charge is 0.326 e. The summed E-state index contributed by atoms with van der Waals surface area (Å²) in [4.78, 5) is 0. The van der Waals surface area contributed by atoms with Gasteiger partial charge in [-0.05, 0) is 17.2 Å². The van der Waals surface area contributed by atoms with Gasteiger partial charge in [0.15, 0.2) is 11.1 Å². The molecule has 0 saturated heterocycles. The molecule has 1 rings (SSSR count). The molecule has 3 nitrogen and oxygen atoms in total. The summed E-state index contributed by atoms with van der Waals surface area (Å²) in [6.45, 7) is 0.376. The molecule has 0 aliphatic carbocycles. The first kappa shape index (κ1) is 10.7. The van der Waals surface area contributed by atoms with Crippen molar-refractivity contribution < 1.29 is 8.76 Å². The average molecular weight is 220 g/mol. The van der Waals surface area contributed by atoms with Gasteiger partial charge < -0.3 is 10.3 Å². The van der Waals surface area contributed by atoms with Crippen molar-refractivity contribution in [3.05, 3.63) is 34.3 Å². The van der Waals surface area contributed by atoms with Crippen LogP contribution in [0.5, 0.6) is 0 Å². The molecule has 1 unspecified atom stereocenters. The molecule has 1 aromatic carbocycles. The van der Waals surface area contributed by atoms with Crippen LogP contribution in [0, 0.1) is 0 Å².